The van der Waals surface area contributed by atoms with E-state index in [1.54, 1.807) is 0 Å². The van der Waals surface area contributed by atoms with Gasteiger partial charge in [-0.15, -0.1) is 0 Å². The van der Waals surface area contributed by atoms with Crippen LogP contribution in [0.15, 0.2) is 23.4 Å². The van der Waals surface area contributed by atoms with E-state index in [4.69, 9.17) is 11.6 Å². The third-order valence-corrected chi connectivity index (χ3v) is 4.19. The molecule has 0 aliphatic heterocycles. The van der Waals surface area contributed by atoms with Gasteiger partial charge in [-0.25, -0.2) is 13.1 Å². The van der Waals surface area contributed by atoms with Gasteiger partial charge in [0.25, 0.3) is 0 Å². The van der Waals surface area contributed by atoms with Crippen LogP contribution in [0.4, 0.5) is 0 Å². The maximum atomic E-state index is 11.8. The molecule has 0 amide bonds. The van der Waals surface area contributed by atoms with Crippen molar-refractivity contribution in [1.82, 2.24) is 9.71 Å². The molecule has 0 aromatic carbocycles. The Hall–Kier alpha value is -0.690. The highest BCUT2D eigenvalue weighted by molar-refractivity contribution is 7.89. The molecule has 1 atom stereocenters. The van der Waals surface area contributed by atoms with Gasteiger partial charge in [0.05, 0.1) is 11.1 Å². The highest BCUT2D eigenvalue weighted by atomic mass is 35.5. The van der Waals surface area contributed by atoms with E-state index in [-0.39, 0.29) is 16.5 Å². The van der Waals surface area contributed by atoms with Gasteiger partial charge in [-0.05, 0) is 18.9 Å². The number of halogens is 1. The summed E-state index contributed by atoms with van der Waals surface area (Å²) < 4.78 is 26.0. The van der Waals surface area contributed by atoms with Gasteiger partial charge in [-0.2, -0.15) is 0 Å². The molecule has 1 aromatic rings. The summed E-state index contributed by atoms with van der Waals surface area (Å²) in [4.78, 5) is 3.67. The molecule has 0 aliphatic rings. The summed E-state index contributed by atoms with van der Waals surface area (Å²) in [6.45, 7) is 2.00. The van der Waals surface area contributed by atoms with Crippen LogP contribution in [0, 0.1) is 0 Å². The monoisotopic (exact) mass is 278 g/mol. The average Bonchev–Trinajstić information content (AvgIpc) is 2.28. The van der Waals surface area contributed by atoms with Gasteiger partial charge in [0.15, 0.2) is 0 Å². The molecule has 0 radical (unpaired) electrons. The molecule has 0 bridgehead atoms. The van der Waals surface area contributed by atoms with E-state index in [2.05, 4.69) is 9.71 Å². The summed E-state index contributed by atoms with van der Waals surface area (Å²) in [6.07, 6.45) is 3.08. The summed E-state index contributed by atoms with van der Waals surface area (Å²) in [7, 11) is -3.65. The highest BCUT2D eigenvalue weighted by Gasteiger charge is 2.17. The molecule has 5 nitrogen and oxygen atoms in total. The van der Waals surface area contributed by atoms with Gasteiger partial charge in [-0.3, -0.25) is 4.98 Å². The summed E-state index contributed by atoms with van der Waals surface area (Å²) >= 11 is 5.77. The lowest BCUT2D eigenvalue weighted by Gasteiger charge is -2.10. The Labute approximate surface area is 106 Å². The van der Waals surface area contributed by atoms with Crippen LogP contribution in [0.3, 0.4) is 0 Å². The van der Waals surface area contributed by atoms with Gasteiger partial charge < -0.3 is 5.11 Å². The predicted molar refractivity (Wildman–Crippen MR) is 65.4 cm³/mol. The van der Waals surface area contributed by atoms with Crippen molar-refractivity contribution in [3.63, 3.8) is 0 Å². The lowest BCUT2D eigenvalue weighted by Crippen LogP contribution is -2.27. The molecular weight excluding hydrogens is 264 g/mol. The molecule has 0 saturated heterocycles. The number of aliphatic hydroxyl groups is 1. The molecule has 1 aromatic heterocycles. The second kappa shape index (κ2) is 6.30. The molecule has 0 fully saturated rings. The number of aliphatic hydroxyl groups excluding tert-OH is 1. The molecule has 96 valence electrons. The van der Waals surface area contributed by atoms with Crippen LogP contribution in [0.2, 0.25) is 5.02 Å². The number of aromatic nitrogens is 1. The largest absolute Gasteiger partial charge is 0.393 e. The van der Waals surface area contributed by atoms with Crippen molar-refractivity contribution in [3.05, 3.63) is 23.5 Å². The smallest absolute Gasteiger partial charge is 0.243 e. The van der Waals surface area contributed by atoms with E-state index in [0.29, 0.717) is 12.8 Å². The van der Waals surface area contributed by atoms with Crippen molar-refractivity contribution in [2.45, 2.75) is 30.8 Å². The van der Waals surface area contributed by atoms with E-state index in [1.807, 2.05) is 6.92 Å². The fourth-order valence-corrected chi connectivity index (χ4v) is 2.68. The fraction of sp³-hybridized carbons (Fsp3) is 0.500. The SMILES string of the molecule is CCC(O)CCNS(=O)(=O)c1cnccc1Cl. The van der Waals surface area contributed by atoms with Crippen LogP contribution in [0.25, 0.3) is 0 Å². The summed E-state index contributed by atoms with van der Waals surface area (Å²) in [5.41, 5.74) is 0. The third kappa shape index (κ3) is 4.23. The second-order valence-electron chi connectivity index (χ2n) is 3.55. The zero-order valence-corrected chi connectivity index (χ0v) is 11.0. The molecule has 0 saturated carbocycles. The molecule has 17 heavy (non-hydrogen) atoms. The van der Waals surface area contributed by atoms with Crippen molar-refractivity contribution in [1.29, 1.82) is 0 Å². The lowest BCUT2D eigenvalue weighted by atomic mass is 10.2. The Morgan fingerprint density at radius 3 is 2.88 bits per heavy atom. The molecular formula is C10H15ClN2O3S. The van der Waals surface area contributed by atoms with Gasteiger partial charge in [0, 0.05) is 18.9 Å². The van der Waals surface area contributed by atoms with Crippen LogP contribution in [-0.2, 0) is 10.0 Å². The maximum absolute atomic E-state index is 11.8. The molecule has 0 spiro atoms. The van der Waals surface area contributed by atoms with E-state index in [1.165, 1.54) is 18.5 Å². The summed E-state index contributed by atoms with van der Waals surface area (Å²) in [5.74, 6) is 0. The van der Waals surface area contributed by atoms with Crippen LogP contribution in [-0.4, -0.2) is 31.2 Å². The zero-order valence-electron chi connectivity index (χ0n) is 9.43. The minimum absolute atomic E-state index is 0.0485. The Kier molecular flexibility index (Phi) is 5.32. The number of pyridine rings is 1. The topological polar surface area (TPSA) is 79.3 Å². The Morgan fingerprint density at radius 2 is 2.29 bits per heavy atom. The van der Waals surface area contributed by atoms with Crippen molar-refractivity contribution >= 4 is 21.6 Å². The Bertz CT molecular complexity index is 464. The molecule has 0 aliphatic carbocycles. The van der Waals surface area contributed by atoms with E-state index < -0.39 is 16.1 Å². The minimum atomic E-state index is -3.65. The summed E-state index contributed by atoms with van der Waals surface area (Å²) in [6, 6.07) is 1.41. The first kappa shape index (κ1) is 14.4. The fourth-order valence-electron chi connectivity index (χ4n) is 1.20. The number of sulfonamides is 1. The quantitative estimate of drug-likeness (QED) is 0.819. The maximum Gasteiger partial charge on any atom is 0.243 e. The normalized spacial score (nSPS) is 13.6. The first-order chi connectivity index (χ1) is 7.97. The van der Waals surface area contributed by atoms with Gasteiger partial charge in [-0.1, -0.05) is 18.5 Å². The van der Waals surface area contributed by atoms with Gasteiger partial charge in [0.1, 0.15) is 4.90 Å². The van der Waals surface area contributed by atoms with Gasteiger partial charge in [0.2, 0.25) is 10.0 Å². The van der Waals surface area contributed by atoms with Crippen molar-refractivity contribution in [3.8, 4) is 0 Å². The number of hydrogen-bond acceptors (Lipinski definition) is 4. The van der Waals surface area contributed by atoms with E-state index >= 15 is 0 Å². The minimum Gasteiger partial charge on any atom is -0.393 e. The first-order valence-corrected chi connectivity index (χ1v) is 7.10. The lowest BCUT2D eigenvalue weighted by molar-refractivity contribution is 0.162. The summed E-state index contributed by atoms with van der Waals surface area (Å²) in [5, 5.41) is 9.43. The van der Waals surface area contributed by atoms with Crippen LogP contribution < -0.4 is 4.72 Å². The standard InChI is InChI=1S/C10H15ClN2O3S/c1-2-8(14)3-6-13-17(15,16)10-7-12-5-4-9(10)11/h4-5,7-8,13-14H,2-3,6H2,1H3. The number of nitrogens with zero attached hydrogens (tertiary/aromatic N) is 1. The first-order valence-electron chi connectivity index (χ1n) is 5.24. The predicted octanol–water partition coefficient (Wildman–Crippen LogP) is 1.17. The van der Waals surface area contributed by atoms with Crippen LogP contribution in [0.1, 0.15) is 19.8 Å². The van der Waals surface area contributed by atoms with E-state index in [0.717, 1.165) is 0 Å². The van der Waals surface area contributed by atoms with E-state index in [9.17, 15) is 13.5 Å². The Morgan fingerprint density at radius 1 is 1.59 bits per heavy atom. The number of rotatable bonds is 6. The zero-order chi connectivity index (χ0) is 12.9. The van der Waals surface area contributed by atoms with Crippen LogP contribution >= 0.6 is 11.6 Å². The van der Waals surface area contributed by atoms with Crippen molar-refractivity contribution < 1.29 is 13.5 Å². The number of nitrogens with one attached hydrogen (secondary N) is 1. The Balaban J connectivity index is 2.67. The molecule has 1 rings (SSSR count). The second-order valence-corrected chi connectivity index (χ2v) is 5.70. The molecule has 2 N–H and O–H groups in total. The molecule has 1 heterocycles. The molecule has 1 unspecified atom stereocenters. The number of hydrogen-bond donors (Lipinski definition) is 2. The third-order valence-electron chi connectivity index (χ3n) is 2.26. The van der Waals surface area contributed by atoms with Crippen molar-refractivity contribution in [2.24, 2.45) is 0 Å². The van der Waals surface area contributed by atoms with Crippen LogP contribution in [0.5, 0.6) is 0 Å². The molecule has 7 heteroatoms. The average molecular weight is 279 g/mol. The van der Waals surface area contributed by atoms with Gasteiger partial charge >= 0.3 is 0 Å². The van der Waals surface area contributed by atoms with Crippen molar-refractivity contribution in [2.75, 3.05) is 6.54 Å². The highest BCUT2D eigenvalue weighted by Crippen LogP contribution is 2.18.